The summed E-state index contributed by atoms with van der Waals surface area (Å²) in [5, 5.41) is 3.88. The number of nitrogens with zero attached hydrogens (tertiary/aromatic N) is 4. The van der Waals surface area contributed by atoms with Gasteiger partial charge in [0.05, 0.1) is 6.54 Å². The lowest BCUT2D eigenvalue weighted by atomic mass is 10.2. The zero-order chi connectivity index (χ0) is 12.3. The molecular formula is C11H15N5O. The van der Waals surface area contributed by atoms with Crippen LogP contribution in [0.3, 0.4) is 0 Å². The summed E-state index contributed by atoms with van der Waals surface area (Å²) in [7, 11) is 3.90. The molecule has 6 nitrogen and oxygen atoms in total. The van der Waals surface area contributed by atoms with Crippen molar-refractivity contribution in [3.8, 4) is 11.6 Å². The Morgan fingerprint density at radius 3 is 2.76 bits per heavy atom. The maximum atomic E-state index is 5.50. The average Bonchev–Trinajstić information content (AvgIpc) is 2.77. The summed E-state index contributed by atoms with van der Waals surface area (Å²) in [5.74, 6) is 1.08. The van der Waals surface area contributed by atoms with Crippen molar-refractivity contribution in [2.24, 2.45) is 5.73 Å². The highest BCUT2D eigenvalue weighted by Gasteiger charge is 2.10. The van der Waals surface area contributed by atoms with Gasteiger partial charge >= 0.3 is 0 Å². The fourth-order valence-electron chi connectivity index (χ4n) is 1.38. The molecule has 0 aliphatic rings. The van der Waals surface area contributed by atoms with Crippen LogP contribution in [0.25, 0.3) is 11.6 Å². The highest BCUT2D eigenvalue weighted by atomic mass is 16.5. The number of nitrogens with two attached hydrogens (primary N) is 1. The third-order valence-electron chi connectivity index (χ3n) is 2.21. The molecular weight excluding hydrogens is 218 g/mol. The van der Waals surface area contributed by atoms with E-state index in [9.17, 15) is 0 Å². The van der Waals surface area contributed by atoms with Crippen LogP contribution in [0.1, 0.15) is 11.4 Å². The summed E-state index contributed by atoms with van der Waals surface area (Å²) < 4.78 is 5.14. The van der Waals surface area contributed by atoms with Crippen LogP contribution in [-0.2, 0) is 13.1 Å². The van der Waals surface area contributed by atoms with E-state index in [4.69, 9.17) is 10.3 Å². The first kappa shape index (κ1) is 11.7. The van der Waals surface area contributed by atoms with Crippen molar-refractivity contribution >= 4 is 0 Å². The van der Waals surface area contributed by atoms with Crippen LogP contribution >= 0.6 is 0 Å². The average molecular weight is 233 g/mol. The molecule has 0 fully saturated rings. The zero-order valence-corrected chi connectivity index (χ0v) is 9.92. The second kappa shape index (κ2) is 5.03. The largest absolute Gasteiger partial charge is 0.332 e. The van der Waals surface area contributed by atoms with Crippen LogP contribution in [0, 0.1) is 0 Å². The van der Waals surface area contributed by atoms with Gasteiger partial charge in [0, 0.05) is 12.7 Å². The van der Waals surface area contributed by atoms with E-state index in [0.29, 0.717) is 30.5 Å². The Hall–Kier alpha value is -1.79. The van der Waals surface area contributed by atoms with Gasteiger partial charge in [-0.05, 0) is 25.7 Å². The second-order valence-corrected chi connectivity index (χ2v) is 4.01. The minimum absolute atomic E-state index is 0.436. The van der Waals surface area contributed by atoms with Crippen molar-refractivity contribution in [2.75, 3.05) is 14.1 Å². The Kier molecular flexibility index (Phi) is 3.46. The van der Waals surface area contributed by atoms with E-state index in [0.717, 1.165) is 5.56 Å². The van der Waals surface area contributed by atoms with Crippen LogP contribution in [0.5, 0.6) is 0 Å². The van der Waals surface area contributed by atoms with E-state index in [1.165, 1.54) is 0 Å². The molecule has 0 saturated carbocycles. The normalized spacial score (nSPS) is 11.1. The molecule has 2 aromatic rings. The van der Waals surface area contributed by atoms with Gasteiger partial charge in [-0.15, -0.1) is 0 Å². The van der Waals surface area contributed by atoms with Crippen LogP contribution in [-0.4, -0.2) is 34.1 Å². The van der Waals surface area contributed by atoms with Gasteiger partial charge in [0.15, 0.2) is 5.82 Å². The third-order valence-corrected chi connectivity index (χ3v) is 2.21. The minimum Gasteiger partial charge on any atom is -0.332 e. The predicted octanol–water partition coefficient (Wildman–Crippen LogP) is 0.652. The van der Waals surface area contributed by atoms with Crippen molar-refractivity contribution in [1.29, 1.82) is 0 Å². The molecule has 17 heavy (non-hydrogen) atoms. The molecule has 0 aliphatic heterocycles. The lowest BCUT2D eigenvalue weighted by Crippen LogP contribution is -2.11. The van der Waals surface area contributed by atoms with E-state index in [1.807, 2.05) is 31.1 Å². The molecule has 0 unspecified atom stereocenters. The van der Waals surface area contributed by atoms with Crippen molar-refractivity contribution < 1.29 is 4.52 Å². The molecule has 6 heteroatoms. The minimum atomic E-state index is 0.436. The van der Waals surface area contributed by atoms with Gasteiger partial charge < -0.3 is 15.2 Å². The Labute approximate surface area is 99.5 Å². The molecule has 0 aromatic carbocycles. The topological polar surface area (TPSA) is 81.1 Å². The van der Waals surface area contributed by atoms with Gasteiger partial charge in [0.25, 0.3) is 5.89 Å². The zero-order valence-electron chi connectivity index (χ0n) is 9.92. The maximum Gasteiger partial charge on any atom is 0.276 e. The van der Waals surface area contributed by atoms with Crippen molar-refractivity contribution in [3.63, 3.8) is 0 Å². The lowest BCUT2D eigenvalue weighted by Gasteiger charge is -2.03. The van der Waals surface area contributed by atoms with E-state index in [1.54, 1.807) is 6.20 Å². The highest BCUT2D eigenvalue weighted by molar-refractivity contribution is 5.46. The van der Waals surface area contributed by atoms with Crippen molar-refractivity contribution in [3.05, 3.63) is 29.7 Å². The van der Waals surface area contributed by atoms with Gasteiger partial charge in [-0.25, -0.2) is 0 Å². The van der Waals surface area contributed by atoms with Crippen molar-refractivity contribution in [2.45, 2.75) is 13.1 Å². The number of pyridine rings is 1. The maximum absolute atomic E-state index is 5.50. The molecule has 2 rings (SSSR count). The van der Waals surface area contributed by atoms with Crippen LogP contribution < -0.4 is 5.73 Å². The van der Waals surface area contributed by atoms with Gasteiger partial charge in [-0.1, -0.05) is 11.2 Å². The van der Waals surface area contributed by atoms with Crippen LogP contribution in [0.4, 0.5) is 0 Å². The monoisotopic (exact) mass is 233 g/mol. The SMILES string of the molecule is CN(C)Cc1noc(-c2ccc(CN)cn2)n1. The molecule has 2 N–H and O–H groups in total. The van der Waals surface area contributed by atoms with Gasteiger partial charge in [0.1, 0.15) is 5.69 Å². The molecule has 2 heterocycles. The van der Waals surface area contributed by atoms with E-state index in [-0.39, 0.29) is 0 Å². The third kappa shape index (κ3) is 2.86. The molecule has 90 valence electrons. The van der Waals surface area contributed by atoms with Gasteiger partial charge in [0.2, 0.25) is 0 Å². The first-order chi connectivity index (χ1) is 8.19. The van der Waals surface area contributed by atoms with Crippen molar-refractivity contribution in [1.82, 2.24) is 20.0 Å². The number of hydrogen-bond acceptors (Lipinski definition) is 6. The summed E-state index contributed by atoms with van der Waals surface area (Å²) in [6, 6.07) is 3.73. The first-order valence-electron chi connectivity index (χ1n) is 5.31. The smallest absolute Gasteiger partial charge is 0.276 e. The number of rotatable bonds is 4. The first-order valence-corrected chi connectivity index (χ1v) is 5.31. The molecule has 0 bridgehead atoms. The van der Waals surface area contributed by atoms with E-state index >= 15 is 0 Å². The summed E-state index contributed by atoms with van der Waals surface area (Å²) >= 11 is 0. The summed E-state index contributed by atoms with van der Waals surface area (Å²) in [4.78, 5) is 10.5. The van der Waals surface area contributed by atoms with Gasteiger partial charge in [-0.3, -0.25) is 4.98 Å². The predicted molar refractivity (Wildman–Crippen MR) is 62.8 cm³/mol. The summed E-state index contributed by atoms with van der Waals surface area (Å²) in [6.45, 7) is 1.12. The number of hydrogen-bond donors (Lipinski definition) is 1. The molecule has 0 radical (unpaired) electrons. The second-order valence-electron chi connectivity index (χ2n) is 4.01. The quantitative estimate of drug-likeness (QED) is 0.835. The van der Waals surface area contributed by atoms with Crippen LogP contribution in [0.15, 0.2) is 22.9 Å². The Morgan fingerprint density at radius 1 is 1.35 bits per heavy atom. The molecule has 0 saturated heterocycles. The number of aromatic nitrogens is 3. The van der Waals surface area contributed by atoms with E-state index in [2.05, 4.69) is 15.1 Å². The molecule has 0 amide bonds. The fraction of sp³-hybridized carbons (Fsp3) is 0.364. The summed E-state index contributed by atoms with van der Waals surface area (Å²) in [6.07, 6.45) is 1.71. The Morgan fingerprint density at radius 2 is 2.18 bits per heavy atom. The molecule has 2 aromatic heterocycles. The fourth-order valence-corrected chi connectivity index (χ4v) is 1.38. The molecule has 0 aliphatic carbocycles. The van der Waals surface area contributed by atoms with Crippen LogP contribution in [0.2, 0.25) is 0 Å². The Bertz CT molecular complexity index is 477. The molecule has 0 spiro atoms. The van der Waals surface area contributed by atoms with Gasteiger partial charge in [-0.2, -0.15) is 4.98 Å². The lowest BCUT2D eigenvalue weighted by molar-refractivity contribution is 0.365. The Balaban J connectivity index is 2.18. The highest BCUT2D eigenvalue weighted by Crippen LogP contribution is 2.14. The summed E-state index contributed by atoms with van der Waals surface area (Å²) in [5.41, 5.74) is 7.14. The van der Waals surface area contributed by atoms with E-state index < -0.39 is 0 Å². The molecule has 0 atom stereocenters. The standard InChI is InChI=1S/C11H15N5O/c1-16(2)7-10-14-11(17-15-10)9-4-3-8(5-12)6-13-9/h3-4,6H,5,7,12H2,1-2H3.